The van der Waals surface area contributed by atoms with Gasteiger partial charge in [-0.25, -0.2) is 13.5 Å². The highest BCUT2D eigenvalue weighted by Gasteiger charge is 2.23. The molecule has 0 spiro atoms. The summed E-state index contributed by atoms with van der Waals surface area (Å²) >= 11 is 0. The molecule has 6 rings (SSSR count). The molecule has 4 N–H and O–H groups in total. The summed E-state index contributed by atoms with van der Waals surface area (Å²) in [5.74, 6) is -2.29. The largest absolute Gasteiger partial charge is 0.380 e. The van der Waals surface area contributed by atoms with Gasteiger partial charge in [-0.2, -0.15) is 5.10 Å². The molecule has 37 heavy (non-hydrogen) atoms. The number of benzene rings is 3. The standard InChI is InChI=1S/C26H16F2N6O3/c27-19-12-13(33-10-2-1-3-21(33)35)4-6-15(19)16-7-8-17-23(26(30)36)31-34(24(17)22(16)28)14-5-9-20-18(11-14)25(29)32-37-20/h1-12H,(H2,29,32)(H2,30,36). The van der Waals surface area contributed by atoms with Crippen LogP contribution in [0.25, 0.3) is 44.4 Å². The molecule has 3 aromatic carbocycles. The van der Waals surface area contributed by atoms with Gasteiger partial charge in [0.1, 0.15) is 11.3 Å². The van der Waals surface area contributed by atoms with Gasteiger partial charge in [-0.05, 0) is 48.5 Å². The molecule has 0 atom stereocenters. The number of halogens is 2. The minimum atomic E-state index is -0.856. The molecule has 3 heterocycles. The Hall–Kier alpha value is -5.32. The van der Waals surface area contributed by atoms with Gasteiger partial charge in [0.15, 0.2) is 22.9 Å². The van der Waals surface area contributed by atoms with Crippen molar-refractivity contribution in [2.75, 3.05) is 5.73 Å². The van der Waals surface area contributed by atoms with Crippen molar-refractivity contribution in [3.63, 3.8) is 0 Å². The van der Waals surface area contributed by atoms with Crippen LogP contribution in [0.5, 0.6) is 0 Å². The molecule has 6 aromatic rings. The molecule has 0 unspecified atom stereocenters. The fraction of sp³-hybridized carbons (Fsp3) is 0. The molecule has 0 radical (unpaired) electrons. The van der Waals surface area contributed by atoms with Crippen LogP contribution in [0.2, 0.25) is 0 Å². The second-order valence-corrected chi connectivity index (χ2v) is 8.27. The summed E-state index contributed by atoms with van der Waals surface area (Å²) in [5.41, 5.74) is 11.7. The molecule has 182 valence electrons. The Balaban J connectivity index is 1.56. The highest BCUT2D eigenvalue weighted by molar-refractivity contribution is 6.05. The summed E-state index contributed by atoms with van der Waals surface area (Å²) in [6, 6.07) is 16.2. The van der Waals surface area contributed by atoms with Crippen molar-refractivity contribution in [2.24, 2.45) is 5.73 Å². The average Bonchev–Trinajstić information content (AvgIpc) is 3.46. The highest BCUT2D eigenvalue weighted by Crippen LogP contribution is 2.34. The van der Waals surface area contributed by atoms with E-state index in [0.717, 1.165) is 6.07 Å². The fourth-order valence-corrected chi connectivity index (χ4v) is 4.33. The third-order valence-corrected chi connectivity index (χ3v) is 6.09. The number of fused-ring (bicyclic) bond motifs is 2. The number of amides is 1. The number of hydrogen-bond acceptors (Lipinski definition) is 6. The maximum atomic E-state index is 16.1. The van der Waals surface area contributed by atoms with Gasteiger partial charge in [0, 0.05) is 28.8 Å². The van der Waals surface area contributed by atoms with Gasteiger partial charge >= 0.3 is 0 Å². The Morgan fingerprint density at radius 2 is 1.70 bits per heavy atom. The molecule has 1 amide bonds. The highest BCUT2D eigenvalue weighted by atomic mass is 19.1. The zero-order valence-corrected chi connectivity index (χ0v) is 18.9. The Kier molecular flexibility index (Phi) is 4.87. The second-order valence-electron chi connectivity index (χ2n) is 8.27. The average molecular weight is 498 g/mol. The number of rotatable bonds is 4. The molecular formula is C26H16F2N6O3. The summed E-state index contributed by atoms with van der Waals surface area (Å²) in [7, 11) is 0. The monoisotopic (exact) mass is 498 g/mol. The van der Waals surface area contributed by atoms with Gasteiger partial charge in [0.25, 0.3) is 11.5 Å². The number of primary amides is 1. The lowest BCUT2D eigenvalue weighted by Crippen LogP contribution is -2.15. The number of aromatic nitrogens is 4. The van der Waals surface area contributed by atoms with E-state index in [4.69, 9.17) is 16.0 Å². The van der Waals surface area contributed by atoms with Crippen LogP contribution >= 0.6 is 0 Å². The van der Waals surface area contributed by atoms with E-state index in [0.29, 0.717) is 16.7 Å². The smallest absolute Gasteiger partial charge is 0.269 e. The van der Waals surface area contributed by atoms with E-state index in [9.17, 15) is 9.59 Å². The maximum Gasteiger partial charge on any atom is 0.269 e. The molecule has 0 saturated carbocycles. The minimum Gasteiger partial charge on any atom is -0.380 e. The quantitative estimate of drug-likeness (QED) is 0.378. The Morgan fingerprint density at radius 1 is 0.919 bits per heavy atom. The SMILES string of the molecule is NC(=O)c1nn(-c2ccc3onc(N)c3c2)c2c(F)c(-c3ccc(-n4ccccc4=O)cc3F)ccc12. The topological polar surface area (TPSA) is 135 Å². The van der Waals surface area contributed by atoms with Crippen molar-refractivity contribution < 1.29 is 18.1 Å². The fourth-order valence-electron chi connectivity index (χ4n) is 4.33. The van der Waals surface area contributed by atoms with Crippen LogP contribution < -0.4 is 17.0 Å². The van der Waals surface area contributed by atoms with Crippen LogP contribution in [0.15, 0.2) is 82.2 Å². The number of nitrogens with two attached hydrogens (primary N) is 2. The lowest BCUT2D eigenvalue weighted by Gasteiger charge is -2.11. The Bertz CT molecular complexity index is 1940. The first-order chi connectivity index (χ1) is 17.8. The Morgan fingerprint density at radius 3 is 2.46 bits per heavy atom. The van der Waals surface area contributed by atoms with E-state index in [1.165, 1.54) is 45.8 Å². The van der Waals surface area contributed by atoms with Crippen molar-refractivity contribution in [3.05, 3.63) is 101 Å². The molecule has 9 nitrogen and oxygen atoms in total. The number of carbonyl (C=O) groups is 1. The number of hydrogen-bond donors (Lipinski definition) is 2. The summed E-state index contributed by atoms with van der Waals surface area (Å²) in [5, 5.41) is 8.57. The van der Waals surface area contributed by atoms with E-state index in [-0.39, 0.29) is 44.8 Å². The summed E-state index contributed by atoms with van der Waals surface area (Å²) in [4.78, 5) is 24.2. The molecule has 3 aromatic heterocycles. The van der Waals surface area contributed by atoms with Crippen molar-refractivity contribution in [1.29, 1.82) is 0 Å². The number of pyridine rings is 1. The van der Waals surface area contributed by atoms with Crippen molar-refractivity contribution >= 4 is 33.6 Å². The van der Waals surface area contributed by atoms with Crippen LogP contribution in [0.3, 0.4) is 0 Å². The molecule has 0 saturated heterocycles. The summed E-state index contributed by atoms with van der Waals surface area (Å²) in [6.07, 6.45) is 1.51. The molecule has 0 aliphatic rings. The first kappa shape index (κ1) is 22.2. The number of anilines is 1. The number of carbonyl (C=O) groups excluding carboxylic acids is 1. The molecule has 0 aliphatic carbocycles. The first-order valence-corrected chi connectivity index (χ1v) is 11.0. The number of nitrogen functional groups attached to an aromatic ring is 1. The van der Waals surface area contributed by atoms with E-state index >= 15 is 8.78 Å². The van der Waals surface area contributed by atoms with Crippen LogP contribution in [-0.4, -0.2) is 25.4 Å². The Labute approximate surface area is 206 Å². The van der Waals surface area contributed by atoms with Gasteiger partial charge in [-0.3, -0.25) is 14.2 Å². The van der Waals surface area contributed by atoms with Crippen molar-refractivity contribution in [1.82, 2.24) is 19.5 Å². The second kappa shape index (κ2) is 8.12. The van der Waals surface area contributed by atoms with E-state index in [2.05, 4.69) is 10.3 Å². The van der Waals surface area contributed by atoms with Gasteiger partial charge in [-0.15, -0.1) is 0 Å². The lowest BCUT2D eigenvalue weighted by atomic mass is 10.0. The van der Waals surface area contributed by atoms with E-state index in [1.54, 1.807) is 30.3 Å². The maximum absolute atomic E-state index is 16.1. The van der Waals surface area contributed by atoms with Crippen LogP contribution in [0.1, 0.15) is 10.5 Å². The van der Waals surface area contributed by atoms with Crippen LogP contribution in [0, 0.1) is 11.6 Å². The van der Waals surface area contributed by atoms with Gasteiger partial charge in [-0.1, -0.05) is 17.3 Å². The normalized spacial score (nSPS) is 11.4. The molecule has 11 heteroatoms. The summed E-state index contributed by atoms with van der Waals surface area (Å²) < 4.78 is 38.9. The summed E-state index contributed by atoms with van der Waals surface area (Å²) in [6.45, 7) is 0. The molecule has 0 bridgehead atoms. The van der Waals surface area contributed by atoms with Gasteiger partial charge < -0.3 is 16.0 Å². The predicted molar refractivity (Wildman–Crippen MR) is 133 cm³/mol. The number of nitrogens with zero attached hydrogens (tertiary/aromatic N) is 4. The minimum absolute atomic E-state index is 0.0424. The third-order valence-electron chi connectivity index (χ3n) is 6.09. The van der Waals surface area contributed by atoms with Gasteiger partial charge in [0.05, 0.1) is 16.8 Å². The third kappa shape index (κ3) is 3.44. The van der Waals surface area contributed by atoms with E-state index < -0.39 is 17.5 Å². The molecule has 0 fully saturated rings. The zero-order valence-electron chi connectivity index (χ0n) is 18.9. The lowest BCUT2D eigenvalue weighted by molar-refractivity contribution is 0.0996. The van der Waals surface area contributed by atoms with E-state index in [1.807, 2.05) is 0 Å². The van der Waals surface area contributed by atoms with Crippen LogP contribution in [-0.2, 0) is 0 Å². The predicted octanol–water partition coefficient (Wildman–Crippen LogP) is 3.94. The van der Waals surface area contributed by atoms with Crippen molar-refractivity contribution in [2.45, 2.75) is 0 Å². The van der Waals surface area contributed by atoms with Gasteiger partial charge in [0.2, 0.25) is 0 Å². The van der Waals surface area contributed by atoms with Crippen LogP contribution in [0.4, 0.5) is 14.6 Å². The molecular weight excluding hydrogens is 482 g/mol. The zero-order chi connectivity index (χ0) is 25.8. The van der Waals surface area contributed by atoms with Crippen molar-refractivity contribution in [3.8, 4) is 22.5 Å². The first-order valence-electron chi connectivity index (χ1n) is 11.0. The molecule has 0 aliphatic heterocycles.